The Morgan fingerprint density at radius 2 is 1.62 bits per heavy atom. The molecule has 3 aliphatic rings. The second kappa shape index (κ2) is 13.2. The molecule has 0 saturated carbocycles. The molecule has 262 valence electrons. The number of piperazine rings is 1. The summed E-state index contributed by atoms with van der Waals surface area (Å²) < 4.78 is 14.5. The molecule has 5 heterocycles. The molecule has 0 bridgehead atoms. The highest BCUT2D eigenvalue weighted by molar-refractivity contribution is 6.56. The van der Waals surface area contributed by atoms with Crippen LogP contribution < -0.4 is 25.2 Å². The van der Waals surface area contributed by atoms with E-state index in [1.54, 1.807) is 37.0 Å². The second-order valence-electron chi connectivity index (χ2n) is 14.0. The molecule has 2 aromatic carbocycles. The summed E-state index contributed by atoms with van der Waals surface area (Å²) in [5.41, 5.74) is 4.50. The standard InChI is InChI=1S/C36H38B3N7O6/c1-19-13-43(23-7-6-21-15-45(34(49)24(21)12-23)28-8-9-31(47)40-33(28)48)14-20(2)44(19)17-26-29(51-4)10-22(11-30(26)52-5)25-18-46(36(37,38)39)35(50)27-16-42(3)41-32(25)27/h6-7,10-12,16,18-20,28H,8-9,13-15,17H2,1-5H3,(H,40,47,48)/t19-,20-,28?/m1/s1. The van der Waals surface area contributed by atoms with E-state index < -0.39 is 22.7 Å². The van der Waals surface area contributed by atoms with E-state index in [1.165, 1.54) is 6.20 Å². The molecule has 52 heavy (non-hydrogen) atoms. The van der Waals surface area contributed by atoms with Crippen LogP contribution >= 0.6 is 0 Å². The number of piperidine rings is 1. The Bertz CT molecular complexity index is 2140. The zero-order chi connectivity index (χ0) is 37.2. The number of hydrogen-bond acceptors (Lipinski definition) is 9. The second-order valence-corrected chi connectivity index (χ2v) is 14.0. The number of pyridine rings is 1. The van der Waals surface area contributed by atoms with Crippen LogP contribution in [0.3, 0.4) is 0 Å². The lowest BCUT2D eigenvalue weighted by atomic mass is 9.49. The maximum Gasteiger partial charge on any atom is 0.260 e. The summed E-state index contributed by atoms with van der Waals surface area (Å²) in [5.74, 6) is 0.269. The predicted molar refractivity (Wildman–Crippen MR) is 198 cm³/mol. The molecule has 0 aliphatic carbocycles. The number of hydrogen-bond donors (Lipinski definition) is 1. The number of nitrogens with zero attached hydrogens (tertiary/aromatic N) is 6. The normalized spacial score (nSPS) is 21.1. The van der Waals surface area contributed by atoms with Gasteiger partial charge in [-0.05, 0) is 55.7 Å². The van der Waals surface area contributed by atoms with Gasteiger partial charge in [0.1, 0.15) is 23.1 Å². The monoisotopic (exact) mass is 697 g/mol. The van der Waals surface area contributed by atoms with Crippen molar-refractivity contribution >= 4 is 57.9 Å². The zero-order valence-corrected chi connectivity index (χ0v) is 29.9. The van der Waals surface area contributed by atoms with E-state index in [9.17, 15) is 19.2 Å². The number of anilines is 1. The Hall–Kier alpha value is -4.98. The summed E-state index contributed by atoms with van der Waals surface area (Å²) in [7, 11) is 22.9. The molecule has 2 saturated heterocycles. The van der Waals surface area contributed by atoms with Gasteiger partial charge >= 0.3 is 0 Å². The van der Waals surface area contributed by atoms with Crippen LogP contribution in [0.2, 0.25) is 0 Å². The van der Waals surface area contributed by atoms with E-state index in [-0.39, 0.29) is 30.3 Å². The lowest BCUT2D eigenvalue weighted by Crippen LogP contribution is -2.56. The van der Waals surface area contributed by atoms with Crippen LogP contribution in [-0.4, -0.2) is 111 Å². The Balaban J connectivity index is 1.13. The van der Waals surface area contributed by atoms with Crippen LogP contribution in [0.1, 0.15) is 48.2 Å². The number of imide groups is 1. The molecule has 13 nitrogen and oxygen atoms in total. The molecule has 2 fully saturated rings. The van der Waals surface area contributed by atoms with Gasteiger partial charge in [-0.1, -0.05) is 11.3 Å². The summed E-state index contributed by atoms with van der Waals surface area (Å²) in [6.45, 7) is 6.61. The highest BCUT2D eigenvalue weighted by Crippen LogP contribution is 2.39. The fraction of sp³-hybridized carbons (Fsp3) is 0.417. The van der Waals surface area contributed by atoms with Crippen LogP contribution in [0, 0.1) is 0 Å². The summed E-state index contributed by atoms with van der Waals surface area (Å²) in [5, 5.41) is 5.28. The first-order valence-electron chi connectivity index (χ1n) is 17.2. The number of rotatable bonds is 8. The fourth-order valence-electron chi connectivity index (χ4n) is 7.82. The third-order valence-electron chi connectivity index (χ3n) is 10.4. The minimum absolute atomic E-state index is 0.102. The number of aryl methyl sites for hydroxylation is 1. The Morgan fingerprint density at radius 1 is 0.942 bits per heavy atom. The van der Waals surface area contributed by atoms with Gasteiger partial charge < -0.3 is 23.8 Å². The largest absolute Gasteiger partial charge is 0.496 e. The van der Waals surface area contributed by atoms with E-state index in [4.69, 9.17) is 33.0 Å². The Morgan fingerprint density at radius 3 is 2.23 bits per heavy atom. The van der Waals surface area contributed by atoms with Crippen molar-refractivity contribution in [3.05, 3.63) is 69.8 Å². The number of carbonyl (C=O) groups excluding carboxylic acids is 3. The first-order chi connectivity index (χ1) is 24.7. The van der Waals surface area contributed by atoms with Gasteiger partial charge in [0.15, 0.2) is 0 Å². The van der Waals surface area contributed by atoms with Crippen molar-refractivity contribution < 1.29 is 23.9 Å². The van der Waals surface area contributed by atoms with Gasteiger partial charge in [0.2, 0.25) is 11.8 Å². The number of fused-ring (bicyclic) bond motifs is 2. The lowest BCUT2D eigenvalue weighted by molar-refractivity contribution is -0.136. The van der Waals surface area contributed by atoms with Gasteiger partial charge in [-0.3, -0.25) is 34.1 Å². The van der Waals surface area contributed by atoms with Crippen molar-refractivity contribution in [3.8, 4) is 22.6 Å². The minimum Gasteiger partial charge on any atom is -0.496 e. The lowest BCUT2D eigenvalue weighted by Gasteiger charge is -2.45. The van der Waals surface area contributed by atoms with Crippen LogP contribution in [-0.2, 0) is 35.0 Å². The minimum atomic E-state index is -1.94. The van der Waals surface area contributed by atoms with E-state index in [0.717, 1.165) is 21.4 Å². The molecule has 6 radical (unpaired) electrons. The molecule has 2 aromatic heterocycles. The molecule has 3 aliphatic heterocycles. The van der Waals surface area contributed by atoms with Gasteiger partial charge in [0.05, 0.1) is 48.7 Å². The third kappa shape index (κ3) is 6.16. The summed E-state index contributed by atoms with van der Waals surface area (Å²) in [6.07, 6.45) is 3.65. The predicted octanol–water partition coefficient (Wildman–Crippen LogP) is 1.35. The highest BCUT2D eigenvalue weighted by Gasteiger charge is 2.40. The van der Waals surface area contributed by atoms with Crippen molar-refractivity contribution in [2.75, 3.05) is 32.2 Å². The number of aromatic nitrogens is 3. The first kappa shape index (κ1) is 35.4. The SMILES string of the molecule is [B]C([B])([B])n1cc(-c2cc(OC)c(CN3[C@H](C)CN(c4ccc5c(c4)C(=O)N(C4CCC(=O)NC4=O)C5)C[C@H]3C)c(OC)c2)c2nn(C)cc2c1=O. The van der Waals surface area contributed by atoms with E-state index >= 15 is 0 Å². The number of amides is 3. The first-order valence-corrected chi connectivity index (χ1v) is 17.2. The Labute approximate surface area is 305 Å². The summed E-state index contributed by atoms with van der Waals surface area (Å²) in [4.78, 5) is 57.1. The molecule has 7 rings (SSSR count). The van der Waals surface area contributed by atoms with Gasteiger partial charge in [-0.25, -0.2) is 0 Å². The maximum absolute atomic E-state index is 13.5. The van der Waals surface area contributed by atoms with Crippen molar-refractivity contribution in [1.82, 2.24) is 29.5 Å². The average Bonchev–Trinajstić information content (AvgIpc) is 3.65. The van der Waals surface area contributed by atoms with Crippen LogP contribution in [0.15, 0.2) is 47.5 Å². The molecule has 0 spiro atoms. The topological polar surface area (TPSA) is 131 Å². The molecule has 4 aromatic rings. The average molecular weight is 697 g/mol. The van der Waals surface area contributed by atoms with Crippen LogP contribution in [0.25, 0.3) is 22.0 Å². The Kier molecular flexibility index (Phi) is 9.00. The molecular formula is C36H38B3N7O6. The van der Waals surface area contributed by atoms with Gasteiger partial charge in [0.25, 0.3) is 11.5 Å². The zero-order valence-electron chi connectivity index (χ0n) is 29.9. The van der Waals surface area contributed by atoms with E-state index in [1.807, 2.05) is 30.3 Å². The van der Waals surface area contributed by atoms with Crippen LogP contribution in [0.5, 0.6) is 11.5 Å². The van der Waals surface area contributed by atoms with Gasteiger partial charge in [-0.2, -0.15) is 5.10 Å². The smallest absolute Gasteiger partial charge is 0.260 e. The van der Waals surface area contributed by atoms with E-state index in [2.05, 4.69) is 34.1 Å². The number of methoxy groups -OCH3 is 2. The van der Waals surface area contributed by atoms with Crippen molar-refractivity contribution in [3.63, 3.8) is 0 Å². The molecule has 1 N–H and O–H groups in total. The van der Waals surface area contributed by atoms with Crippen molar-refractivity contribution in [1.29, 1.82) is 0 Å². The van der Waals surface area contributed by atoms with Crippen molar-refractivity contribution in [2.24, 2.45) is 7.05 Å². The third-order valence-corrected chi connectivity index (χ3v) is 10.4. The number of carbonyl (C=O) groups is 3. The molecule has 3 atom stereocenters. The summed E-state index contributed by atoms with van der Waals surface area (Å²) >= 11 is 0. The van der Waals surface area contributed by atoms with Crippen molar-refractivity contribution in [2.45, 2.75) is 63.1 Å². The molecule has 16 heteroatoms. The number of nitrogens with one attached hydrogen (secondary N) is 1. The van der Waals surface area contributed by atoms with E-state index in [0.29, 0.717) is 71.7 Å². The molecule has 1 unspecified atom stereocenters. The number of benzene rings is 2. The quantitative estimate of drug-likeness (QED) is 0.214. The van der Waals surface area contributed by atoms with Gasteiger partial charge in [-0.15, -0.1) is 0 Å². The molecular weight excluding hydrogens is 659 g/mol. The van der Waals surface area contributed by atoms with Gasteiger partial charge in [0, 0.05) is 80.9 Å². The van der Waals surface area contributed by atoms with Crippen LogP contribution in [0.4, 0.5) is 5.69 Å². The highest BCUT2D eigenvalue weighted by atomic mass is 16.5. The fourth-order valence-corrected chi connectivity index (χ4v) is 7.82. The summed E-state index contributed by atoms with van der Waals surface area (Å²) in [6, 6.07) is 9.24. The maximum atomic E-state index is 13.5. The number of ether oxygens (including phenoxy) is 2. The molecule has 3 amide bonds.